The van der Waals surface area contributed by atoms with Crippen LogP contribution in [0.25, 0.3) is 0 Å². The Morgan fingerprint density at radius 2 is 2.12 bits per heavy atom. The summed E-state index contributed by atoms with van der Waals surface area (Å²) in [5.74, 6) is -3.94. The van der Waals surface area contributed by atoms with Gasteiger partial charge in [-0.2, -0.15) is 8.78 Å². The van der Waals surface area contributed by atoms with Crippen LogP contribution in [0, 0.1) is 0 Å². The van der Waals surface area contributed by atoms with E-state index in [-0.39, 0.29) is 5.54 Å². The predicted molar refractivity (Wildman–Crippen MR) is 58.7 cm³/mol. The molecule has 0 amide bonds. The smallest absolute Gasteiger partial charge is 0.310 e. The molecule has 0 aromatic carbocycles. The van der Waals surface area contributed by atoms with Gasteiger partial charge in [0.2, 0.25) is 0 Å². The van der Waals surface area contributed by atoms with Crippen molar-refractivity contribution in [2.24, 2.45) is 0 Å². The normalized spacial score (nSPS) is 25.8. The molecule has 2 nitrogen and oxygen atoms in total. The summed E-state index contributed by atoms with van der Waals surface area (Å²) in [5, 5.41) is 5.77. The summed E-state index contributed by atoms with van der Waals surface area (Å²) in [5.41, 5.74) is -0.188. The summed E-state index contributed by atoms with van der Waals surface area (Å²) in [7, 11) is 0. The first-order chi connectivity index (χ1) is 7.92. The van der Waals surface area contributed by atoms with E-state index in [9.17, 15) is 17.6 Å². The highest BCUT2D eigenvalue weighted by Crippen LogP contribution is 2.25. The number of halogens is 4. The fraction of sp³-hybridized carbons (Fsp3) is 1.00. The first-order valence-corrected chi connectivity index (χ1v) is 6.04. The highest BCUT2D eigenvalue weighted by molar-refractivity contribution is 4.94. The van der Waals surface area contributed by atoms with Crippen molar-refractivity contribution < 1.29 is 17.6 Å². The summed E-state index contributed by atoms with van der Waals surface area (Å²) in [4.78, 5) is 0. The summed E-state index contributed by atoms with van der Waals surface area (Å²) in [6.45, 7) is 2.25. The second-order valence-electron chi connectivity index (χ2n) is 4.73. The molecular formula is C11H20F4N2. The maximum atomic E-state index is 12.7. The lowest BCUT2D eigenvalue weighted by Crippen LogP contribution is -2.51. The van der Waals surface area contributed by atoms with Gasteiger partial charge in [0.1, 0.15) is 0 Å². The summed E-state index contributed by atoms with van der Waals surface area (Å²) < 4.78 is 49.3. The zero-order chi connectivity index (χ0) is 12.9. The van der Waals surface area contributed by atoms with Gasteiger partial charge in [-0.15, -0.1) is 0 Å². The molecule has 0 aromatic rings. The molecular weight excluding hydrogens is 236 g/mol. The molecule has 17 heavy (non-hydrogen) atoms. The molecule has 1 fully saturated rings. The van der Waals surface area contributed by atoms with E-state index in [4.69, 9.17) is 0 Å². The van der Waals surface area contributed by atoms with E-state index in [1.165, 1.54) is 0 Å². The third-order valence-corrected chi connectivity index (χ3v) is 3.20. The van der Waals surface area contributed by atoms with E-state index in [1.54, 1.807) is 0 Å². The number of hydrogen-bond donors (Lipinski definition) is 2. The minimum atomic E-state index is -3.94. The molecule has 2 N–H and O–H groups in total. The van der Waals surface area contributed by atoms with Gasteiger partial charge >= 0.3 is 12.3 Å². The molecule has 0 radical (unpaired) electrons. The number of alkyl halides is 4. The zero-order valence-corrected chi connectivity index (χ0v) is 10.0. The van der Waals surface area contributed by atoms with Crippen LogP contribution in [-0.4, -0.2) is 37.5 Å². The molecule has 1 atom stereocenters. The third-order valence-electron chi connectivity index (χ3n) is 3.20. The molecule has 0 aromatic heterocycles. The van der Waals surface area contributed by atoms with E-state index < -0.39 is 18.9 Å². The highest BCUT2D eigenvalue weighted by atomic mass is 19.3. The number of hydrogen-bond acceptors (Lipinski definition) is 2. The molecule has 6 heteroatoms. The predicted octanol–water partition coefficient (Wildman–Crippen LogP) is 2.40. The quantitative estimate of drug-likeness (QED) is 0.683. The molecule has 1 saturated heterocycles. The lowest BCUT2D eigenvalue weighted by atomic mass is 9.92. The Morgan fingerprint density at radius 3 is 2.59 bits per heavy atom. The highest BCUT2D eigenvalue weighted by Gasteiger charge is 2.41. The summed E-state index contributed by atoms with van der Waals surface area (Å²) >= 11 is 0. The van der Waals surface area contributed by atoms with Gasteiger partial charge < -0.3 is 10.6 Å². The fourth-order valence-electron chi connectivity index (χ4n) is 2.35. The third kappa shape index (κ3) is 4.10. The lowest BCUT2D eigenvalue weighted by Gasteiger charge is -2.30. The van der Waals surface area contributed by atoms with Crippen LogP contribution in [0.5, 0.6) is 0 Å². The Hall–Kier alpha value is -0.360. The van der Waals surface area contributed by atoms with Crippen LogP contribution in [-0.2, 0) is 0 Å². The maximum Gasteiger partial charge on any atom is 0.319 e. The molecule has 0 saturated carbocycles. The van der Waals surface area contributed by atoms with Gasteiger partial charge in [0, 0.05) is 12.1 Å². The Balaban J connectivity index is 2.38. The lowest BCUT2D eigenvalue weighted by molar-refractivity contribution is -0.125. The first kappa shape index (κ1) is 14.7. The Bertz CT molecular complexity index is 228. The van der Waals surface area contributed by atoms with Crippen LogP contribution in [0.4, 0.5) is 17.6 Å². The Labute approximate surface area is 99.1 Å². The van der Waals surface area contributed by atoms with Crippen molar-refractivity contribution in [1.29, 1.82) is 0 Å². The van der Waals surface area contributed by atoms with Gasteiger partial charge in [0.15, 0.2) is 0 Å². The number of rotatable bonds is 7. The van der Waals surface area contributed by atoms with E-state index >= 15 is 0 Å². The monoisotopic (exact) mass is 256 g/mol. The van der Waals surface area contributed by atoms with Gasteiger partial charge in [-0.25, -0.2) is 8.78 Å². The average molecular weight is 256 g/mol. The van der Waals surface area contributed by atoms with Crippen molar-refractivity contribution >= 4 is 0 Å². The number of nitrogens with one attached hydrogen (secondary N) is 2. The summed E-state index contributed by atoms with van der Waals surface area (Å²) in [6, 6.07) is 0. The molecule has 1 heterocycles. The topological polar surface area (TPSA) is 24.1 Å². The zero-order valence-electron chi connectivity index (χ0n) is 10.0. The van der Waals surface area contributed by atoms with Gasteiger partial charge in [0.25, 0.3) is 0 Å². The average Bonchev–Trinajstić information content (AvgIpc) is 2.67. The second kappa shape index (κ2) is 6.00. The van der Waals surface area contributed by atoms with Crippen LogP contribution in [0.3, 0.4) is 0 Å². The van der Waals surface area contributed by atoms with Gasteiger partial charge in [0.05, 0.1) is 6.54 Å². The van der Waals surface area contributed by atoms with Crippen molar-refractivity contribution in [2.45, 2.75) is 50.5 Å². The first-order valence-electron chi connectivity index (χ1n) is 6.04. The molecule has 0 aliphatic carbocycles. The molecule has 0 spiro atoms. The van der Waals surface area contributed by atoms with Crippen LogP contribution in [0.15, 0.2) is 0 Å². The molecule has 1 unspecified atom stereocenters. The van der Waals surface area contributed by atoms with Crippen molar-refractivity contribution in [2.75, 3.05) is 19.6 Å². The molecule has 0 bridgehead atoms. The van der Waals surface area contributed by atoms with Gasteiger partial charge in [-0.1, -0.05) is 13.3 Å². The SMILES string of the molecule is CCCC1(CNCC(F)(F)C(F)F)CCCN1. The van der Waals surface area contributed by atoms with Gasteiger partial charge in [-0.05, 0) is 25.8 Å². The minimum Gasteiger partial charge on any atom is -0.310 e. The van der Waals surface area contributed by atoms with Crippen LogP contribution in [0.1, 0.15) is 32.6 Å². The van der Waals surface area contributed by atoms with E-state index in [2.05, 4.69) is 10.6 Å². The fourth-order valence-corrected chi connectivity index (χ4v) is 2.35. The largest absolute Gasteiger partial charge is 0.319 e. The summed E-state index contributed by atoms with van der Waals surface area (Å²) in [6.07, 6.45) is 0.134. The molecule has 1 aliphatic rings. The van der Waals surface area contributed by atoms with Gasteiger partial charge in [-0.3, -0.25) is 0 Å². The van der Waals surface area contributed by atoms with Crippen LogP contribution in [0.2, 0.25) is 0 Å². The molecule has 1 aliphatic heterocycles. The van der Waals surface area contributed by atoms with Crippen LogP contribution < -0.4 is 10.6 Å². The van der Waals surface area contributed by atoms with Crippen molar-refractivity contribution in [1.82, 2.24) is 10.6 Å². The Kier molecular flexibility index (Phi) is 5.19. The van der Waals surface area contributed by atoms with Crippen molar-refractivity contribution in [3.63, 3.8) is 0 Å². The standard InChI is InChI=1S/C11H20F4N2/c1-2-4-10(5-3-6-17-10)7-16-8-11(14,15)9(12)13/h9,16-17H,2-8H2,1H3. The van der Waals surface area contributed by atoms with Crippen molar-refractivity contribution in [3.8, 4) is 0 Å². The van der Waals surface area contributed by atoms with Crippen molar-refractivity contribution in [3.05, 3.63) is 0 Å². The molecule has 1 rings (SSSR count). The van der Waals surface area contributed by atoms with E-state index in [0.717, 1.165) is 32.2 Å². The minimum absolute atomic E-state index is 0.188. The van der Waals surface area contributed by atoms with E-state index in [1.807, 2.05) is 6.92 Å². The Morgan fingerprint density at radius 1 is 1.41 bits per heavy atom. The van der Waals surface area contributed by atoms with Crippen LogP contribution >= 0.6 is 0 Å². The second-order valence-corrected chi connectivity index (χ2v) is 4.73. The molecule has 102 valence electrons. The maximum absolute atomic E-state index is 12.7. The van der Waals surface area contributed by atoms with E-state index in [0.29, 0.717) is 6.54 Å².